The lowest BCUT2D eigenvalue weighted by Crippen LogP contribution is -2.13. The number of ether oxygens (including phenoxy) is 1. The summed E-state index contributed by atoms with van der Waals surface area (Å²) in [6.07, 6.45) is 6.61. The molecule has 1 aliphatic heterocycles. The lowest BCUT2D eigenvalue weighted by Gasteiger charge is -2.01. The largest absolute Gasteiger partial charge is 0.428 e. The Hall–Kier alpha value is -2.77. The van der Waals surface area contributed by atoms with Crippen LogP contribution in [0, 0.1) is 0 Å². The van der Waals surface area contributed by atoms with Crippen molar-refractivity contribution in [3.63, 3.8) is 0 Å². The van der Waals surface area contributed by atoms with Crippen LogP contribution in [0.15, 0.2) is 46.8 Å². The van der Waals surface area contributed by atoms with Crippen molar-refractivity contribution in [2.24, 2.45) is 9.89 Å². The number of hydrogen-bond acceptors (Lipinski definition) is 5. The fraction of sp³-hybridized carbons (Fsp3) is 0.571. The van der Waals surface area contributed by atoms with Crippen LogP contribution in [0.5, 0.6) is 0 Å². The second kappa shape index (κ2) is 19.2. The molecule has 0 saturated heterocycles. The molecular formula is C21H36N6O3Si. The van der Waals surface area contributed by atoms with E-state index in [0.29, 0.717) is 17.7 Å². The number of aliphatic hydroxyl groups is 1. The van der Waals surface area contributed by atoms with Gasteiger partial charge < -0.3 is 9.84 Å². The van der Waals surface area contributed by atoms with E-state index in [1.807, 2.05) is 25.7 Å². The van der Waals surface area contributed by atoms with E-state index >= 15 is 0 Å². The zero-order valence-corrected chi connectivity index (χ0v) is 20.4. The SMILES string of the molecule is C=CCCC.CCCCCN=[N+]=[N-].C[Si](C)(C)N=[N+]=[N-].O=C1OC(O)c2ccccc21. The first-order chi connectivity index (χ1) is 14.7. The van der Waals surface area contributed by atoms with Crippen LogP contribution >= 0.6 is 0 Å². The maximum atomic E-state index is 10.9. The smallest absolute Gasteiger partial charge is 0.341 e. The normalized spacial score (nSPS) is 13.1. The first-order valence-electron chi connectivity index (χ1n) is 10.3. The van der Waals surface area contributed by atoms with E-state index in [4.69, 9.17) is 16.2 Å². The monoisotopic (exact) mass is 448 g/mol. The van der Waals surface area contributed by atoms with Crippen molar-refractivity contribution < 1.29 is 14.6 Å². The van der Waals surface area contributed by atoms with Gasteiger partial charge in [-0.05, 0) is 34.9 Å². The Morgan fingerprint density at radius 1 is 1.16 bits per heavy atom. The van der Waals surface area contributed by atoms with Crippen molar-refractivity contribution in [3.8, 4) is 0 Å². The molecule has 0 amide bonds. The van der Waals surface area contributed by atoms with Crippen molar-refractivity contribution >= 4 is 14.2 Å². The van der Waals surface area contributed by atoms with E-state index in [0.717, 1.165) is 12.8 Å². The van der Waals surface area contributed by atoms with Crippen molar-refractivity contribution in [2.75, 3.05) is 6.54 Å². The number of rotatable bonds is 7. The van der Waals surface area contributed by atoms with Gasteiger partial charge in [-0.1, -0.05) is 82.1 Å². The molecule has 172 valence electrons. The number of aliphatic hydroxyl groups excluding tert-OH is 1. The zero-order chi connectivity index (χ0) is 24.1. The number of allylic oxidation sites excluding steroid dienone is 1. The molecule has 1 aromatic rings. The zero-order valence-electron chi connectivity index (χ0n) is 19.4. The number of azide groups is 2. The van der Waals surface area contributed by atoms with Gasteiger partial charge in [0, 0.05) is 17.0 Å². The van der Waals surface area contributed by atoms with E-state index in [1.54, 1.807) is 24.3 Å². The van der Waals surface area contributed by atoms with Gasteiger partial charge in [-0.2, -0.15) is 0 Å². The Bertz CT molecular complexity index is 739. The molecule has 1 heterocycles. The highest BCUT2D eigenvalue weighted by molar-refractivity contribution is 6.74. The van der Waals surface area contributed by atoms with Crippen LogP contribution in [0.1, 0.15) is 68.2 Å². The molecule has 0 aliphatic carbocycles. The minimum atomic E-state index is -1.45. The summed E-state index contributed by atoms with van der Waals surface area (Å²) in [4.78, 5) is 16.2. The van der Waals surface area contributed by atoms with E-state index in [9.17, 15) is 4.79 Å². The maximum Gasteiger partial charge on any atom is 0.341 e. The molecule has 1 unspecified atom stereocenters. The molecule has 0 aromatic heterocycles. The lowest BCUT2D eigenvalue weighted by molar-refractivity contribution is -0.0547. The molecule has 31 heavy (non-hydrogen) atoms. The van der Waals surface area contributed by atoms with Gasteiger partial charge in [-0.3, -0.25) is 0 Å². The number of esters is 1. The topological polar surface area (TPSA) is 144 Å². The fourth-order valence-corrected chi connectivity index (χ4v) is 2.21. The van der Waals surface area contributed by atoms with Gasteiger partial charge in [-0.15, -0.1) is 11.4 Å². The number of fused-ring (bicyclic) bond motifs is 1. The van der Waals surface area contributed by atoms with Crippen LogP contribution in [0.2, 0.25) is 19.6 Å². The standard InChI is InChI=1S/C8H6O3.C5H11N3.C5H10.C3H9N3Si/c9-7-5-3-1-2-4-6(5)8(10)11-7;1-2-3-4-5-7-8-6;1-3-5-4-2;1-7(2,3)6-5-4/h1-4,7,9H;2-5H2,1H3;3H,1,4-5H2,2H3;1-3H3. The van der Waals surface area contributed by atoms with Gasteiger partial charge in [0.2, 0.25) is 6.29 Å². The molecule has 0 bridgehead atoms. The lowest BCUT2D eigenvalue weighted by atomic mass is 10.1. The van der Waals surface area contributed by atoms with Crippen LogP contribution < -0.4 is 0 Å². The molecule has 1 N–H and O–H groups in total. The number of cyclic esters (lactones) is 1. The third kappa shape index (κ3) is 17.8. The molecule has 9 nitrogen and oxygen atoms in total. The molecule has 2 rings (SSSR count). The highest BCUT2D eigenvalue weighted by Gasteiger charge is 2.28. The highest BCUT2D eigenvalue weighted by Crippen LogP contribution is 2.27. The van der Waals surface area contributed by atoms with E-state index in [-0.39, 0.29) is 0 Å². The molecule has 0 fully saturated rings. The van der Waals surface area contributed by atoms with E-state index < -0.39 is 20.5 Å². The van der Waals surface area contributed by atoms with Crippen molar-refractivity contribution in [1.82, 2.24) is 0 Å². The van der Waals surface area contributed by atoms with Crippen LogP contribution in [0.3, 0.4) is 0 Å². The average Bonchev–Trinajstić information content (AvgIpc) is 3.01. The molecular weight excluding hydrogens is 412 g/mol. The maximum absolute atomic E-state index is 10.9. The number of carbonyl (C=O) groups excluding carboxylic acids is 1. The molecule has 0 spiro atoms. The predicted octanol–water partition coefficient (Wildman–Crippen LogP) is 7.44. The minimum Gasteiger partial charge on any atom is -0.428 e. The summed E-state index contributed by atoms with van der Waals surface area (Å²) >= 11 is 0. The first kappa shape index (κ1) is 30.4. The van der Waals surface area contributed by atoms with Crippen molar-refractivity contribution in [2.45, 2.75) is 71.9 Å². The average molecular weight is 449 g/mol. The number of hydrogen-bond donors (Lipinski definition) is 1. The first-order valence-corrected chi connectivity index (χ1v) is 13.8. The number of carbonyl (C=O) groups is 1. The number of unbranched alkanes of at least 4 members (excludes halogenated alkanes) is 3. The number of benzene rings is 1. The third-order valence-electron chi connectivity index (χ3n) is 3.43. The van der Waals surface area contributed by atoms with E-state index in [1.165, 1.54) is 19.3 Å². The van der Waals surface area contributed by atoms with Crippen LogP contribution in [-0.2, 0) is 4.74 Å². The Labute approximate surface area is 186 Å². The third-order valence-corrected chi connectivity index (χ3v) is 4.12. The Morgan fingerprint density at radius 2 is 1.81 bits per heavy atom. The van der Waals surface area contributed by atoms with Crippen LogP contribution in [-0.4, -0.2) is 25.9 Å². The summed E-state index contributed by atoms with van der Waals surface area (Å²) in [7, 11) is -1.45. The Morgan fingerprint density at radius 3 is 2.19 bits per heavy atom. The van der Waals surface area contributed by atoms with E-state index in [2.05, 4.69) is 44.9 Å². The summed E-state index contributed by atoms with van der Waals surface area (Å²) in [6.45, 7) is 14.4. The molecule has 1 aromatic carbocycles. The fourth-order valence-electron chi connectivity index (χ4n) is 1.94. The second-order valence-electron chi connectivity index (χ2n) is 7.44. The van der Waals surface area contributed by atoms with Gasteiger partial charge in [0.15, 0.2) is 0 Å². The quantitative estimate of drug-likeness (QED) is 0.0879. The predicted molar refractivity (Wildman–Crippen MR) is 128 cm³/mol. The van der Waals surface area contributed by atoms with Gasteiger partial charge in [0.05, 0.1) is 5.56 Å². The summed E-state index contributed by atoms with van der Waals surface area (Å²) in [5.41, 5.74) is 16.7. The van der Waals surface area contributed by atoms with Crippen LogP contribution in [0.25, 0.3) is 20.9 Å². The Balaban J connectivity index is 0. The van der Waals surface area contributed by atoms with Gasteiger partial charge in [0.1, 0.15) is 8.24 Å². The molecule has 1 aliphatic rings. The van der Waals surface area contributed by atoms with Crippen LogP contribution in [0.4, 0.5) is 0 Å². The summed E-state index contributed by atoms with van der Waals surface area (Å²) < 4.78 is 8.12. The van der Waals surface area contributed by atoms with Gasteiger partial charge >= 0.3 is 5.97 Å². The molecule has 0 saturated carbocycles. The minimum absolute atomic E-state index is 0.451. The highest BCUT2D eigenvalue weighted by atomic mass is 28.3. The van der Waals surface area contributed by atoms with Crippen molar-refractivity contribution in [1.29, 1.82) is 0 Å². The number of nitrogens with zero attached hydrogens (tertiary/aromatic N) is 6. The van der Waals surface area contributed by atoms with Gasteiger partial charge in [0.25, 0.3) is 0 Å². The molecule has 10 heteroatoms. The second-order valence-corrected chi connectivity index (χ2v) is 12.0. The summed E-state index contributed by atoms with van der Waals surface area (Å²) in [6, 6.07) is 6.79. The Kier molecular flexibility index (Phi) is 18.8. The molecule has 0 radical (unpaired) electrons. The molecule has 1 atom stereocenters. The summed E-state index contributed by atoms with van der Waals surface area (Å²) in [5.74, 6) is -0.451. The summed E-state index contributed by atoms with van der Waals surface area (Å²) in [5, 5.41) is 12.5. The van der Waals surface area contributed by atoms with Gasteiger partial charge in [-0.25, -0.2) is 4.79 Å². The van der Waals surface area contributed by atoms with Crippen molar-refractivity contribution in [3.05, 3.63) is 68.9 Å².